The van der Waals surface area contributed by atoms with Gasteiger partial charge >= 0.3 is 5.97 Å². The van der Waals surface area contributed by atoms with Crippen molar-refractivity contribution in [2.45, 2.75) is 75.6 Å². The maximum absolute atomic E-state index is 14.8. The van der Waals surface area contributed by atoms with Gasteiger partial charge in [0.1, 0.15) is 23.7 Å². The lowest BCUT2D eigenvalue weighted by molar-refractivity contribution is -0.164. The highest BCUT2D eigenvalue weighted by Gasteiger charge is 2.74. The summed E-state index contributed by atoms with van der Waals surface area (Å²) in [5.74, 6) is -3.51. The predicted octanol–water partition coefficient (Wildman–Crippen LogP) is 3.42. The Hall–Kier alpha value is -4.28. The molecule has 4 heterocycles. The standard InChI is InChI=1S/C37H43N3O7/c1-4-27(23-41)40-33-35(44)39(22-25-14-8-5-9-15-25)21-13-7-12-18-29(42)38(3)24(2)32(26-16-10-6-11-17-26)46-36(45)30-28-19-20-37(33,47-28)31(30)34(40)43/h5-11,13-17,19-20,24,27-28,30-33,41H,4,12,18,21-23H2,1-3H3/b13-7-/t24-,27-,28+,30-,31-,32+,33+,37-/m0/s1. The number of hydrogen-bond acceptors (Lipinski definition) is 7. The van der Waals surface area contributed by atoms with Crippen molar-refractivity contribution in [2.24, 2.45) is 11.8 Å². The summed E-state index contributed by atoms with van der Waals surface area (Å²) < 4.78 is 12.8. The van der Waals surface area contributed by atoms with Gasteiger partial charge in [-0.3, -0.25) is 19.2 Å². The van der Waals surface area contributed by atoms with E-state index in [1.54, 1.807) is 29.0 Å². The summed E-state index contributed by atoms with van der Waals surface area (Å²) in [5.41, 5.74) is 0.222. The molecule has 0 aromatic heterocycles. The summed E-state index contributed by atoms with van der Waals surface area (Å²) in [5, 5.41) is 10.4. The number of aliphatic hydroxyl groups excluding tert-OH is 1. The molecule has 10 heteroatoms. The van der Waals surface area contributed by atoms with Gasteiger partial charge < -0.3 is 29.3 Å². The third kappa shape index (κ3) is 5.78. The molecule has 2 aromatic carbocycles. The molecular weight excluding hydrogens is 598 g/mol. The van der Waals surface area contributed by atoms with Crippen LogP contribution in [0.3, 0.4) is 0 Å². The Morgan fingerprint density at radius 2 is 1.68 bits per heavy atom. The van der Waals surface area contributed by atoms with E-state index in [2.05, 4.69) is 0 Å². The highest BCUT2D eigenvalue weighted by Crippen LogP contribution is 2.56. The molecule has 2 aromatic rings. The van der Waals surface area contributed by atoms with E-state index in [0.29, 0.717) is 12.8 Å². The van der Waals surface area contributed by atoms with Crippen molar-refractivity contribution in [1.29, 1.82) is 0 Å². The number of fused-ring (bicyclic) bond motifs is 2. The smallest absolute Gasteiger partial charge is 0.313 e. The summed E-state index contributed by atoms with van der Waals surface area (Å²) in [4.78, 5) is 61.7. The number of cyclic esters (lactones) is 1. The molecule has 0 aliphatic carbocycles. The molecule has 3 amide bonds. The molecule has 2 fully saturated rings. The van der Waals surface area contributed by atoms with Gasteiger partial charge in [-0.2, -0.15) is 0 Å². The van der Waals surface area contributed by atoms with E-state index in [9.17, 15) is 24.3 Å². The number of amides is 3. The van der Waals surface area contributed by atoms with Crippen LogP contribution in [0.5, 0.6) is 0 Å². The Kier molecular flexibility index (Phi) is 9.34. The van der Waals surface area contributed by atoms with Crippen molar-refractivity contribution in [3.05, 3.63) is 96.1 Å². The average Bonchev–Trinajstić information content (AvgIpc) is 3.74. The summed E-state index contributed by atoms with van der Waals surface area (Å²) >= 11 is 0. The van der Waals surface area contributed by atoms with E-state index in [4.69, 9.17) is 9.47 Å². The normalized spacial score (nSPS) is 32.5. The zero-order chi connectivity index (χ0) is 33.3. The van der Waals surface area contributed by atoms with Crippen molar-refractivity contribution in [2.75, 3.05) is 20.2 Å². The number of nitrogens with zero attached hydrogens (tertiary/aromatic N) is 3. The number of allylic oxidation sites excluding steroid dienone is 1. The van der Waals surface area contributed by atoms with Crippen molar-refractivity contribution < 1.29 is 33.8 Å². The Morgan fingerprint density at radius 3 is 2.36 bits per heavy atom. The highest BCUT2D eigenvalue weighted by molar-refractivity contribution is 5.99. The molecule has 0 saturated carbocycles. The van der Waals surface area contributed by atoms with Crippen LogP contribution in [-0.2, 0) is 35.2 Å². The minimum absolute atomic E-state index is 0.106. The molecule has 10 nitrogen and oxygen atoms in total. The van der Waals surface area contributed by atoms with Gasteiger partial charge in [-0.05, 0) is 30.9 Å². The van der Waals surface area contributed by atoms with Gasteiger partial charge in [0.2, 0.25) is 17.7 Å². The van der Waals surface area contributed by atoms with Crippen LogP contribution in [-0.4, -0.2) is 93.5 Å². The maximum atomic E-state index is 14.8. The van der Waals surface area contributed by atoms with Crippen LogP contribution in [0.1, 0.15) is 50.3 Å². The number of esters is 1. The molecule has 4 aliphatic rings. The number of likely N-dealkylation sites (N-methyl/N-ethyl adjacent to an activating group) is 1. The first-order valence-corrected chi connectivity index (χ1v) is 16.5. The van der Waals surface area contributed by atoms with E-state index >= 15 is 0 Å². The summed E-state index contributed by atoms with van der Waals surface area (Å²) in [6.07, 6.45) is 6.82. The molecule has 2 saturated heterocycles. The Labute approximate surface area is 275 Å². The second-order valence-electron chi connectivity index (χ2n) is 12.9. The quantitative estimate of drug-likeness (QED) is 0.380. The van der Waals surface area contributed by atoms with Crippen molar-refractivity contribution in [3.8, 4) is 0 Å². The van der Waals surface area contributed by atoms with E-state index in [-0.39, 0.29) is 37.9 Å². The molecule has 1 spiro atoms. The molecule has 0 unspecified atom stereocenters. The van der Waals surface area contributed by atoms with E-state index < -0.39 is 59.6 Å². The van der Waals surface area contributed by atoms with Crippen molar-refractivity contribution >= 4 is 23.7 Å². The minimum Gasteiger partial charge on any atom is -0.455 e. The van der Waals surface area contributed by atoms with Crippen LogP contribution in [0.2, 0.25) is 0 Å². The number of benzene rings is 2. The van der Waals surface area contributed by atoms with Gasteiger partial charge in [-0.15, -0.1) is 0 Å². The lowest BCUT2D eigenvalue weighted by atomic mass is 9.74. The Bertz CT molecular complexity index is 1540. The summed E-state index contributed by atoms with van der Waals surface area (Å²) in [6.45, 7) is 3.86. The van der Waals surface area contributed by atoms with Crippen molar-refractivity contribution in [3.63, 3.8) is 0 Å². The number of rotatable bonds is 6. The van der Waals surface area contributed by atoms with Gasteiger partial charge in [0.05, 0.1) is 30.7 Å². The molecular formula is C37H43N3O7. The fourth-order valence-electron chi connectivity index (χ4n) is 7.60. The highest BCUT2D eigenvalue weighted by atomic mass is 16.6. The van der Waals surface area contributed by atoms with E-state index in [0.717, 1.165) is 11.1 Å². The molecule has 47 heavy (non-hydrogen) atoms. The van der Waals surface area contributed by atoms with Crippen LogP contribution in [0.4, 0.5) is 0 Å². The molecule has 4 aliphatic heterocycles. The Morgan fingerprint density at radius 1 is 0.979 bits per heavy atom. The summed E-state index contributed by atoms with van der Waals surface area (Å²) in [7, 11) is 1.70. The molecule has 6 rings (SSSR count). The Balaban J connectivity index is 1.45. The third-order valence-electron chi connectivity index (χ3n) is 10.3. The van der Waals surface area contributed by atoms with Gasteiger partial charge in [-0.25, -0.2) is 0 Å². The number of carbonyl (C=O) groups excluding carboxylic acids is 4. The predicted molar refractivity (Wildman–Crippen MR) is 173 cm³/mol. The zero-order valence-electron chi connectivity index (χ0n) is 27.1. The number of hydrogen-bond donors (Lipinski definition) is 1. The second-order valence-corrected chi connectivity index (χ2v) is 12.9. The molecule has 0 radical (unpaired) electrons. The third-order valence-corrected chi connectivity index (χ3v) is 10.3. The van der Waals surface area contributed by atoms with Gasteiger partial charge in [-0.1, -0.05) is 91.9 Å². The SMILES string of the molecule is CC[C@@H](CO)N1C(=O)[C@@H]2[C@H]3C(=O)O[C@@H](c4ccccc4)[C@H](C)N(C)C(=O)CC/C=C\CN(Cc4ccccc4)C(=O)[C@@H]1[C@]21C=C[C@H]3O1. The molecule has 5 bridgehead atoms. The van der Waals surface area contributed by atoms with Crippen LogP contribution < -0.4 is 0 Å². The number of ether oxygens (including phenoxy) is 2. The average molecular weight is 642 g/mol. The first-order chi connectivity index (χ1) is 22.7. The largest absolute Gasteiger partial charge is 0.455 e. The minimum atomic E-state index is -1.40. The molecule has 1 N–H and O–H groups in total. The fraction of sp³-hybridized carbons (Fsp3) is 0.459. The van der Waals surface area contributed by atoms with Gasteiger partial charge in [0.15, 0.2) is 0 Å². The number of aliphatic hydroxyl groups is 1. The second kappa shape index (κ2) is 13.4. The van der Waals surface area contributed by atoms with Crippen LogP contribution in [0.25, 0.3) is 0 Å². The van der Waals surface area contributed by atoms with Gasteiger partial charge in [0, 0.05) is 26.6 Å². The fourth-order valence-corrected chi connectivity index (χ4v) is 7.60. The first kappa shape index (κ1) is 32.7. The zero-order valence-corrected chi connectivity index (χ0v) is 27.1. The first-order valence-electron chi connectivity index (χ1n) is 16.5. The lowest BCUT2D eigenvalue weighted by Gasteiger charge is -2.38. The van der Waals surface area contributed by atoms with Crippen molar-refractivity contribution in [1.82, 2.24) is 14.7 Å². The molecule has 248 valence electrons. The monoisotopic (exact) mass is 641 g/mol. The van der Waals surface area contributed by atoms with Crippen LogP contribution in [0, 0.1) is 11.8 Å². The lowest BCUT2D eigenvalue weighted by Crippen LogP contribution is -2.58. The molecule has 8 atom stereocenters. The topological polar surface area (TPSA) is 117 Å². The van der Waals surface area contributed by atoms with Crippen LogP contribution >= 0.6 is 0 Å². The van der Waals surface area contributed by atoms with E-state index in [1.165, 1.54) is 4.90 Å². The van der Waals surface area contributed by atoms with Gasteiger partial charge in [0.25, 0.3) is 0 Å². The van der Waals surface area contributed by atoms with Crippen LogP contribution in [0.15, 0.2) is 85.0 Å². The number of likely N-dealkylation sites (tertiary alicyclic amines) is 1. The summed E-state index contributed by atoms with van der Waals surface area (Å²) in [6, 6.07) is 16.6. The maximum Gasteiger partial charge on any atom is 0.313 e. The number of carbonyl (C=O) groups is 4. The van der Waals surface area contributed by atoms with E-state index in [1.807, 2.05) is 86.7 Å².